The lowest BCUT2D eigenvalue weighted by Gasteiger charge is -2.14. The minimum atomic E-state index is -0.412. The fourth-order valence-electron chi connectivity index (χ4n) is 2.97. The molecule has 0 aromatic heterocycles. The third-order valence-electron chi connectivity index (χ3n) is 4.56. The van der Waals surface area contributed by atoms with Gasteiger partial charge in [0.2, 0.25) is 5.91 Å². The lowest BCUT2D eigenvalue weighted by atomic mass is 10.2. The maximum atomic E-state index is 12.7. The van der Waals surface area contributed by atoms with Gasteiger partial charge < -0.3 is 15.2 Å². The molecule has 2 aromatic rings. The number of thioether (sulfide) groups is 1. The van der Waals surface area contributed by atoms with Crippen LogP contribution in [0.15, 0.2) is 53.4 Å². The van der Waals surface area contributed by atoms with E-state index in [0.717, 1.165) is 0 Å². The van der Waals surface area contributed by atoms with Crippen molar-refractivity contribution in [1.29, 1.82) is 0 Å². The number of carbonyl (C=O) groups is 3. The molecule has 0 radical (unpaired) electrons. The first kappa shape index (κ1) is 23.5. The first-order valence-electron chi connectivity index (χ1n) is 9.99. The van der Waals surface area contributed by atoms with Gasteiger partial charge >= 0.3 is 5.97 Å². The van der Waals surface area contributed by atoms with Crippen molar-refractivity contribution in [2.75, 3.05) is 18.5 Å². The number of nitrogens with one attached hydrogen (secondary N) is 1. The van der Waals surface area contributed by atoms with E-state index in [-0.39, 0.29) is 24.0 Å². The van der Waals surface area contributed by atoms with Gasteiger partial charge in [-0.1, -0.05) is 42.2 Å². The normalized spacial score (nSPS) is 14.7. The fraction of sp³-hybridized carbons (Fsp3) is 0.217. The van der Waals surface area contributed by atoms with Gasteiger partial charge in [-0.25, -0.2) is 4.79 Å². The molecule has 3 rings (SSSR count). The topological polar surface area (TPSA) is 95.9 Å². The summed E-state index contributed by atoms with van der Waals surface area (Å²) in [6, 6.07) is 13.2. The predicted molar refractivity (Wildman–Crippen MR) is 128 cm³/mol. The highest BCUT2D eigenvalue weighted by atomic mass is 32.2. The van der Waals surface area contributed by atoms with Crippen LogP contribution in [-0.2, 0) is 14.3 Å². The van der Waals surface area contributed by atoms with Crippen molar-refractivity contribution < 1.29 is 24.2 Å². The molecule has 1 aliphatic rings. The molecule has 0 unspecified atom stereocenters. The number of rotatable bonds is 8. The van der Waals surface area contributed by atoms with Crippen LogP contribution in [0.3, 0.4) is 0 Å². The molecule has 166 valence electrons. The number of benzene rings is 2. The Hall–Kier alpha value is -3.17. The number of aromatic hydroxyl groups is 1. The maximum Gasteiger partial charge on any atom is 0.338 e. The molecule has 0 atom stereocenters. The largest absolute Gasteiger partial charge is 0.507 e. The van der Waals surface area contributed by atoms with Gasteiger partial charge in [0.15, 0.2) is 0 Å². The van der Waals surface area contributed by atoms with E-state index in [9.17, 15) is 19.5 Å². The van der Waals surface area contributed by atoms with Crippen LogP contribution in [-0.4, -0.2) is 45.3 Å². The van der Waals surface area contributed by atoms with Crippen molar-refractivity contribution in [1.82, 2.24) is 4.90 Å². The lowest BCUT2D eigenvalue weighted by molar-refractivity contribution is -0.122. The Morgan fingerprint density at radius 3 is 2.59 bits per heavy atom. The van der Waals surface area contributed by atoms with Gasteiger partial charge in [0.05, 0.1) is 17.1 Å². The zero-order valence-electron chi connectivity index (χ0n) is 17.4. The van der Waals surface area contributed by atoms with Crippen molar-refractivity contribution in [3.63, 3.8) is 0 Å². The molecule has 0 spiro atoms. The van der Waals surface area contributed by atoms with Gasteiger partial charge in [-0.3, -0.25) is 14.5 Å². The SMILES string of the molecule is CCOC(=O)c1ccc(NC(=O)CCCN2C(=O)/C(=C/c3ccccc3O)SC2=S)cc1. The van der Waals surface area contributed by atoms with Gasteiger partial charge in [-0.15, -0.1) is 0 Å². The summed E-state index contributed by atoms with van der Waals surface area (Å²) in [4.78, 5) is 38.5. The van der Waals surface area contributed by atoms with Crippen LogP contribution in [0.25, 0.3) is 6.08 Å². The quantitative estimate of drug-likeness (QED) is 0.339. The number of para-hydroxylation sites is 1. The molecule has 1 fully saturated rings. The molecule has 0 aliphatic carbocycles. The van der Waals surface area contributed by atoms with E-state index in [0.29, 0.717) is 45.6 Å². The van der Waals surface area contributed by atoms with Crippen molar-refractivity contribution in [2.45, 2.75) is 19.8 Å². The summed E-state index contributed by atoms with van der Waals surface area (Å²) in [6.07, 6.45) is 2.25. The Kier molecular flexibility index (Phi) is 8.02. The molecule has 32 heavy (non-hydrogen) atoms. The van der Waals surface area contributed by atoms with Crippen LogP contribution < -0.4 is 5.32 Å². The fourth-order valence-corrected chi connectivity index (χ4v) is 4.27. The second-order valence-corrected chi connectivity index (χ2v) is 8.52. The Balaban J connectivity index is 1.50. The molecule has 2 aromatic carbocycles. The van der Waals surface area contributed by atoms with Crippen LogP contribution in [0.5, 0.6) is 5.75 Å². The maximum absolute atomic E-state index is 12.7. The smallest absolute Gasteiger partial charge is 0.338 e. The molecule has 0 saturated carbocycles. The number of phenolic OH excluding ortho intramolecular Hbond substituents is 1. The van der Waals surface area contributed by atoms with E-state index in [2.05, 4.69) is 5.32 Å². The van der Waals surface area contributed by atoms with E-state index in [1.807, 2.05) is 0 Å². The summed E-state index contributed by atoms with van der Waals surface area (Å²) < 4.78 is 5.35. The number of hydrogen-bond donors (Lipinski definition) is 2. The first-order valence-corrected chi connectivity index (χ1v) is 11.2. The molecule has 1 heterocycles. The van der Waals surface area contributed by atoms with Gasteiger partial charge in [-0.05, 0) is 49.8 Å². The molecule has 2 amide bonds. The summed E-state index contributed by atoms with van der Waals surface area (Å²) in [5.41, 5.74) is 1.52. The second-order valence-electron chi connectivity index (χ2n) is 6.84. The number of ether oxygens (including phenoxy) is 1. The summed E-state index contributed by atoms with van der Waals surface area (Å²) in [7, 11) is 0. The minimum Gasteiger partial charge on any atom is -0.507 e. The number of hydrogen-bond acceptors (Lipinski definition) is 7. The van der Waals surface area contributed by atoms with Gasteiger partial charge in [0.25, 0.3) is 5.91 Å². The van der Waals surface area contributed by atoms with Crippen molar-refractivity contribution in [3.05, 3.63) is 64.6 Å². The van der Waals surface area contributed by atoms with E-state index < -0.39 is 5.97 Å². The second kappa shape index (κ2) is 10.9. The van der Waals surface area contributed by atoms with Crippen molar-refractivity contribution >= 4 is 57.8 Å². The van der Waals surface area contributed by atoms with E-state index in [1.54, 1.807) is 61.5 Å². The Morgan fingerprint density at radius 1 is 1.19 bits per heavy atom. The third-order valence-corrected chi connectivity index (χ3v) is 5.94. The van der Waals surface area contributed by atoms with Crippen molar-refractivity contribution in [3.8, 4) is 5.75 Å². The number of carbonyl (C=O) groups excluding carboxylic acids is 3. The zero-order chi connectivity index (χ0) is 23.1. The van der Waals surface area contributed by atoms with E-state index in [4.69, 9.17) is 17.0 Å². The summed E-state index contributed by atoms with van der Waals surface area (Å²) in [5, 5.41) is 12.7. The highest BCUT2D eigenvalue weighted by Crippen LogP contribution is 2.34. The molecular formula is C23H22N2O5S2. The van der Waals surface area contributed by atoms with Gasteiger partial charge in [0, 0.05) is 24.2 Å². The van der Waals surface area contributed by atoms with Crippen LogP contribution in [0.4, 0.5) is 5.69 Å². The zero-order valence-corrected chi connectivity index (χ0v) is 19.0. The first-order chi connectivity index (χ1) is 15.4. The van der Waals surface area contributed by atoms with Crippen LogP contribution in [0.2, 0.25) is 0 Å². The summed E-state index contributed by atoms with van der Waals surface area (Å²) in [6.45, 7) is 2.35. The molecule has 2 N–H and O–H groups in total. The molecule has 7 nitrogen and oxygen atoms in total. The highest BCUT2D eigenvalue weighted by molar-refractivity contribution is 8.26. The number of amides is 2. The Bertz CT molecular complexity index is 1070. The summed E-state index contributed by atoms with van der Waals surface area (Å²) >= 11 is 6.48. The third kappa shape index (κ3) is 5.95. The number of phenols is 1. The number of anilines is 1. The predicted octanol–water partition coefficient (Wildman–Crippen LogP) is 4.19. The van der Waals surface area contributed by atoms with Crippen LogP contribution >= 0.6 is 24.0 Å². The Morgan fingerprint density at radius 2 is 1.91 bits per heavy atom. The standard InChI is InChI=1S/C23H22N2O5S2/c1-2-30-22(29)15-9-11-17(12-10-15)24-20(27)8-5-13-25-21(28)19(32-23(25)31)14-16-6-3-4-7-18(16)26/h3-4,6-7,9-12,14,26H,2,5,8,13H2,1H3,(H,24,27)/b19-14-. The Labute approximate surface area is 195 Å². The molecule has 0 bridgehead atoms. The molecule has 1 saturated heterocycles. The average Bonchev–Trinajstić information content (AvgIpc) is 3.03. The number of nitrogens with zero attached hydrogens (tertiary/aromatic N) is 1. The molecular weight excluding hydrogens is 448 g/mol. The van der Waals surface area contributed by atoms with Gasteiger partial charge in [-0.2, -0.15) is 0 Å². The number of thiocarbonyl (C=S) groups is 1. The summed E-state index contributed by atoms with van der Waals surface area (Å²) in [5.74, 6) is -0.766. The van der Waals surface area contributed by atoms with Crippen LogP contribution in [0.1, 0.15) is 35.7 Å². The van der Waals surface area contributed by atoms with E-state index in [1.165, 1.54) is 16.7 Å². The number of esters is 1. The average molecular weight is 471 g/mol. The van der Waals surface area contributed by atoms with Crippen LogP contribution in [0, 0.1) is 0 Å². The van der Waals surface area contributed by atoms with E-state index >= 15 is 0 Å². The monoisotopic (exact) mass is 470 g/mol. The highest BCUT2D eigenvalue weighted by Gasteiger charge is 2.31. The molecule has 9 heteroatoms. The van der Waals surface area contributed by atoms with Crippen molar-refractivity contribution in [2.24, 2.45) is 0 Å². The lowest BCUT2D eigenvalue weighted by Crippen LogP contribution is -2.29. The molecule has 1 aliphatic heterocycles. The van der Waals surface area contributed by atoms with Gasteiger partial charge in [0.1, 0.15) is 10.1 Å². The minimum absolute atomic E-state index is 0.0877.